The predicted octanol–water partition coefficient (Wildman–Crippen LogP) is 2.17. The smallest absolute Gasteiger partial charge is 0.271 e. The molecule has 2 aromatic rings. The molecule has 1 aliphatic rings. The Kier molecular flexibility index (Phi) is 6.31. The summed E-state index contributed by atoms with van der Waals surface area (Å²) in [4.78, 5) is 36.7. The Morgan fingerprint density at radius 1 is 1.38 bits per heavy atom. The van der Waals surface area contributed by atoms with Crippen LogP contribution in [-0.2, 0) is 4.79 Å². The molecule has 9 nitrogen and oxygen atoms in total. The Morgan fingerprint density at radius 3 is 2.76 bits per heavy atom. The Balaban J connectivity index is 1.85. The number of rotatable bonds is 6. The number of piperidine rings is 1. The summed E-state index contributed by atoms with van der Waals surface area (Å²) >= 11 is 1.28. The van der Waals surface area contributed by atoms with Gasteiger partial charge in [-0.2, -0.15) is 4.37 Å². The van der Waals surface area contributed by atoms with E-state index in [0.29, 0.717) is 24.6 Å². The number of anilines is 3. The fourth-order valence-electron chi connectivity index (χ4n) is 3.42. The van der Waals surface area contributed by atoms with E-state index in [9.17, 15) is 9.59 Å². The van der Waals surface area contributed by atoms with Crippen molar-refractivity contribution in [2.45, 2.75) is 39.2 Å². The molecule has 2 amide bonds. The number of nitrogens with one attached hydrogen (secondary N) is 1. The molecule has 2 atom stereocenters. The number of aryl methyl sites for hydroxylation is 1. The maximum absolute atomic E-state index is 12.1. The van der Waals surface area contributed by atoms with Crippen LogP contribution in [0.1, 0.15) is 42.4 Å². The van der Waals surface area contributed by atoms with Crippen LogP contribution in [0.2, 0.25) is 0 Å². The summed E-state index contributed by atoms with van der Waals surface area (Å²) in [6.07, 6.45) is 4.04. The van der Waals surface area contributed by atoms with E-state index >= 15 is 0 Å². The van der Waals surface area contributed by atoms with Crippen LogP contribution in [0.25, 0.3) is 0 Å². The minimum Gasteiger partial charge on any atom is -0.364 e. The number of nitrogens with zero attached hydrogens (tertiary/aromatic N) is 5. The lowest BCUT2D eigenvalue weighted by atomic mass is 9.90. The van der Waals surface area contributed by atoms with Gasteiger partial charge in [-0.05, 0) is 50.2 Å². The van der Waals surface area contributed by atoms with E-state index < -0.39 is 5.91 Å². The zero-order chi connectivity index (χ0) is 21.1. The number of hydrogen-bond acceptors (Lipinski definition) is 8. The fourth-order valence-corrected chi connectivity index (χ4v) is 4.08. The third kappa shape index (κ3) is 5.00. The average molecular weight is 418 g/mol. The molecule has 0 aromatic carbocycles. The lowest BCUT2D eigenvalue weighted by molar-refractivity contribution is -0.129. The first kappa shape index (κ1) is 21.0. The van der Waals surface area contributed by atoms with Crippen molar-refractivity contribution >= 4 is 40.0 Å². The lowest BCUT2D eigenvalue weighted by Crippen LogP contribution is -2.43. The molecule has 0 radical (unpaired) electrons. The van der Waals surface area contributed by atoms with E-state index in [0.717, 1.165) is 23.5 Å². The van der Waals surface area contributed by atoms with Gasteiger partial charge in [0.25, 0.3) is 5.91 Å². The van der Waals surface area contributed by atoms with Crippen LogP contribution in [0, 0.1) is 12.8 Å². The van der Waals surface area contributed by atoms with Crippen molar-refractivity contribution in [1.82, 2.24) is 19.2 Å². The van der Waals surface area contributed by atoms with Crippen molar-refractivity contribution < 1.29 is 9.59 Å². The van der Waals surface area contributed by atoms with Crippen LogP contribution >= 0.6 is 11.5 Å². The summed E-state index contributed by atoms with van der Waals surface area (Å²) in [7, 11) is 3.55. The van der Waals surface area contributed by atoms with Crippen LogP contribution in [0.3, 0.4) is 0 Å². The summed E-state index contributed by atoms with van der Waals surface area (Å²) in [5.74, 6) is 0.710. The van der Waals surface area contributed by atoms with Crippen molar-refractivity contribution in [3.63, 3.8) is 0 Å². The first-order chi connectivity index (χ1) is 13.7. The van der Waals surface area contributed by atoms with Gasteiger partial charge in [-0.25, -0.2) is 9.97 Å². The predicted molar refractivity (Wildman–Crippen MR) is 114 cm³/mol. The topological polar surface area (TPSA) is 117 Å². The maximum atomic E-state index is 12.1. The van der Waals surface area contributed by atoms with Crippen LogP contribution < -0.4 is 16.0 Å². The van der Waals surface area contributed by atoms with Gasteiger partial charge in [0.15, 0.2) is 11.5 Å². The third-order valence-electron chi connectivity index (χ3n) is 5.10. The number of hydrogen-bond donors (Lipinski definition) is 2. The van der Waals surface area contributed by atoms with Gasteiger partial charge in [-0.1, -0.05) is 0 Å². The standard InChI is InChI=1S/C19H27N7O2S/c1-11-7-15(29-24-11)23-19-17(18(20)28)21-9-14(22-19)26-10-13(6-5-12(26)2)8-16(27)25(3)4/h7,9,12-13H,5-6,8,10H2,1-4H3,(H2,20,28)(H,22,23)/t12-,13+/m1/s1. The minimum absolute atomic E-state index is 0.0869. The molecular weight excluding hydrogens is 390 g/mol. The molecule has 1 aliphatic heterocycles. The van der Waals surface area contributed by atoms with E-state index in [1.807, 2.05) is 13.0 Å². The maximum Gasteiger partial charge on any atom is 0.271 e. The van der Waals surface area contributed by atoms with Crippen LogP contribution in [0.4, 0.5) is 16.6 Å². The molecule has 0 unspecified atom stereocenters. The summed E-state index contributed by atoms with van der Waals surface area (Å²) < 4.78 is 4.23. The highest BCUT2D eigenvalue weighted by Gasteiger charge is 2.29. The number of aromatic nitrogens is 3. The summed E-state index contributed by atoms with van der Waals surface area (Å²) in [6, 6.07) is 2.13. The quantitative estimate of drug-likeness (QED) is 0.739. The largest absolute Gasteiger partial charge is 0.364 e. The molecule has 0 spiro atoms. The summed E-state index contributed by atoms with van der Waals surface area (Å²) in [5.41, 5.74) is 6.45. The van der Waals surface area contributed by atoms with E-state index in [1.54, 1.807) is 25.2 Å². The van der Waals surface area contributed by atoms with E-state index in [2.05, 4.69) is 31.5 Å². The van der Waals surface area contributed by atoms with Gasteiger partial charge in [0, 0.05) is 33.1 Å². The van der Waals surface area contributed by atoms with Crippen LogP contribution in [0.15, 0.2) is 12.3 Å². The van der Waals surface area contributed by atoms with E-state index in [-0.39, 0.29) is 23.6 Å². The van der Waals surface area contributed by atoms with Crippen molar-refractivity contribution in [2.24, 2.45) is 11.7 Å². The second-order valence-corrected chi connectivity index (χ2v) is 8.49. The molecule has 0 bridgehead atoms. The van der Waals surface area contributed by atoms with Gasteiger partial charge in [0.05, 0.1) is 11.9 Å². The van der Waals surface area contributed by atoms with Crippen molar-refractivity contribution in [3.05, 3.63) is 23.7 Å². The molecule has 3 rings (SSSR count). The molecule has 3 heterocycles. The highest BCUT2D eigenvalue weighted by atomic mass is 32.1. The van der Waals surface area contributed by atoms with Crippen LogP contribution in [-0.4, -0.2) is 57.7 Å². The van der Waals surface area contributed by atoms with Crippen molar-refractivity contribution in [3.8, 4) is 0 Å². The average Bonchev–Trinajstić information content (AvgIpc) is 3.07. The monoisotopic (exact) mass is 417 g/mol. The molecular formula is C19H27N7O2S. The molecule has 0 aliphatic carbocycles. The Hall–Kier alpha value is -2.75. The molecule has 10 heteroatoms. The highest BCUT2D eigenvalue weighted by molar-refractivity contribution is 7.10. The number of carbonyl (C=O) groups is 2. The van der Waals surface area contributed by atoms with Crippen molar-refractivity contribution in [1.29, 1.82) is 0 Å². The Morgan fingerprint density at radius 2 is 2.14 bits per heavy atom. The normalized spacial score (nSPS) is 19.1. The van der Waals surface area contributed by atoms with Crippen molar-refractivity contribution in [2.75, 3.05) is 30.9 Å². The minimum atomic E-state index is -0.645. The second-order valence-electron chi connectivity index (χ2n) is 7.68. The molecule has 29 heavy (non-hydrogen) atoms. The molecule has 0 saturated carbocycles. The number of primary amides is 1. The second kappa shape index (κ2) is 8.73. The SMILES string of the molecule is Cc1cc(Nc2nc(N3C[C@H](CC(=O)N(C)C)CC[C@H]3C)cnc2C(N)=O)sn1. The summed E-state index contributed by atoms with van der Waals surface area (Å²) in [6.45, 7) is 4.74. The van der Waals surface area contributed by atoms with Gasteiger partial charge < -0.3 is 20.9 Å². The van der Waals surface area contributed by atoms with Gasteiger partial charge in [0.2, 0.25) is 5.91 Å². The first-order valence-electron chi connectivity index (χ1n) is 9.58. The fraction of sp³-hybridized carbons (Fsp3) is 0.526. The molecule has 2 aromatic heterocycles. The lowest BCUT2D eigenvalue weighted by Gasteiger charge is -2.39. The first-order valence-corrected chi connectivity index (χ1v) is 10.4. The number of amides is 2. The van der Waals surface area contributed by atoms with Gasteiger partial charge in [-0.15, -0.1) is 0 Å². The zero-order valence-electron chi connectivity index (χ0n) is 17.2. The van der Waals surface area contributed by atoms with Gasteiger partial charge in [0.1, 0.15) is 10.8 Å². The van der Waals surface area contributed by atoms with Gasteiger partial charge >= 0.3 is 0 Å². The Bertz CT molecular complexity index is 898. The highest BCUT2D eigenvalue weighted by Crippen LogP contribution is 2.30. The van der Waals surface area contributed by atoms with Crippen LogP contribution in [0.5, 0.6) is 0 Å². The van der Waals surface area contributed by atoms with E-state index in [4.69, 9.17) is 5.73 Å². The molecule has 3 N–H and O–H groups in total. The zero-order valence-corrected chi connectivity index (χ0v) is 18.0. The van der Waals surface area contributed by atoms with Gasteiger partial charge in [-0.3, -0.25) is 9.59 Å². The molecule has 156 valence electrons. The Labute approximate surface area is 174 Å². The summed E-state index contributed by atoms with van der Waals surface area (Å²) in [5, 5.41) is 3.88. The molecule has 1 saturated heterocycles. The molecule has 1 fully saturated rings. The third-order valence-corrected chi connectivity index (χ3v) is 5.89. The number of carbonyl (C=O) groups excluding carboxylic acids is 2. The van der Waals surface area contributed by atoms with E-state index in [1.165, 1.54) is 11.5 Å². The number of nitrogens with two attached hydrogens (primary N) is 1.